The van der Waals surface area contributed by atoms with Gasteiger partial charge in [-0.05, 0) is 25.2 Å². The minimum Gasteiger partial charge on any atom is -0.0882 e. The SMILES string of the molecule is CC/C=C\C1C=CCC=CC1. The van der Waals surface area contributed by atoms with Crippen molar-refractivity contribution in [2.75, 3.05) is 0 Å². The third-order valence-corrected chi connectivity index (χ3v) is 1.85. The highest BCUT2D eigenvalue weighted by Gasteiger charge is 1.97. The summed E-state index contributed by atoms with van der Waals surface area (Å²) >= 11 is 0. The topological polar surface area (TPSA) is 0 Å². The van der Waals surface area contributed by atoms with E-state index in [9.17, 15) is 0 Å². The number of rotatable bonds is 2. The van der Waals surface area contributed by atoms with Crippen molar-refractivity contribution in [3.8, 4) is 0 Å². The second-order valence-electron chi connectivity index (χ2n) is 2.87. The van der Waals surface area contributed by atoms with Crippen molar-refractivity contribution in [3.63, 3.8) is 0 Å². The van der Waals surface area contributed by atoms with Gasteiger partial charge in [-0.25, -0.2) is 0 Å². The summed E-state index contributed by atoms with van der Waals surface area (Å²) in [6.45, 7) is 2.17. The monoisotopic (exact) mass is 148 g/mol. The minimum absolute atomic E-state index is 0.647. The predicted octanol–water partition coefficient (Wildman–Crippen LogP) is 3.48. The highest BCUT2D eigenvalue weighted by Crippen LogP contribution is 2.12. The molecule has 1 unspecified atom stereocenters. The van der Waals surface area contributed by atoms with Gasteiger partial charge in [0.25, 0.3) is 0 Å². The van der Waals surface area contributed by atoms with Crippen molar-refractivity contribution in [2.45, 2.75) is 26.2 Å². The van der Waals surface area contributed by atoms with Crippen LogP contribution in [-0.4, -0.2) is 0 Å². The van der Waals surface area contributed by atoms with Gasteiger partial charge in [0.05, 0.1) is 0 Å². The molecule has 1 aliphatic rings. The van der Waals surface area contributed by atoms with Crippen LogP contribution in [0.5, 0.6) is 0 Å². The van der Waals surface area contributed by atoms with E-state index in [4.69, 9.17) is 0 Å². The number of allylic oxidation sites excluding steroid dienone is 6. The lowest BCUT2D eigenvalue weighted by Gasteiger charge is -2.00. The average Bonchev–Trinajstić information content (AvgIpc) is 2.28. The van der Waals surface area contributed by atoms with Gasteiger partial charge in [-0.2, -0.15) is 0 Å². The van der Waals surface area contributed by atoms with E-state index in [0.29, 0.717) is 5.92 Å². The van der Waals surface area contributed by atoms with Crippen molar-refractivity contribution in [1.82, 2.24) is 0 Å². The molecular weight excluding hydrogens is 132 g/mol. The van der Waals surface area contributed by atoms with E-state index in [-0.39, 0.29) is 0 Å². The standard InChI is InChI=1S/C11H16/c1-2-3-8-11-9-6-4-5-7-10-11/h3-4,6-8,10-11H,2,5,9H2,1H3/b8-3-. The van der Waals surface area contributed by atoms with E-state index in [2.05, 4.69) is 43.4 Å². The Morgan fingerprint density at radius 1 is 1.36 bits per heavy atom. The van der Waals surface area contributed by atoms with E-state index >= 15 is 0 Å². The summed E-state index contributed by atoms with van der Waals surface area (Å²) in [4.78, 5) is 0. The molecule has 60 valence electrons. The Balaban J connectivity index is 2.44. The first-order valence-electron chi connectivity index (χ1n) is 4.42. The van der Waals surface area contributed by atoms with Gasteiger partial charge >= 0.3 is 0 Å². The highest BCUT2D eigenvalue weighted by molar-refractivity contribution is 5.08. The summed E-state index contributed by atoms with van der Waals surface area (Å²) in [5, 5.41) is 0. The maximum Gasteiger partial charge on any atom is -0.00189 e. The molecule has 0 aliphatic heterocycles. The molecule has 1 rings (SSSR count). The number of hydrogen-bond donors (Lipinski definition) is 0. The molecule has 0 bridgehead atoms. The van der Waals surface area contributed by atoms with Crippen LogP contribution in [0.3, 0.4) is 0 Å². The molecule has 0 nitrogen and oxygen atoms in total. The Kier molecular flexibility index (Phi) is 3.74. The fraction of sp³-hybridized carbons (Fsp3) is 0.455. The van der Waals surface area contributed by atoms with E-state index in [1.165, 1.54) is 6.42 Å². The fourth-order valence-electron chi connectivity index (χ4n) is 1.21. The van der Waals surface area contributed by atoms with E-state index in [0.717, 1.165) is 12.8 Å². The molecule has 0 saturated carbocycles. The quantitative estimate of drug-likeness (QED) is 0.526. The summed E-state index contributed by atoms with van der Waals surface area (Å²) < 4.78 is 0. The summed E-state index contributed by atoms with van der Waals surface area (Å²) in [7, 11) is 0. The fourth-order valence-corrected chi connectivity index (χ4v) is 1.21. The third kappa shape index (κ3) is 3.22. The summed E-state index contributed by atoms with van der Waals surface area (Å²) in [5.74, 6) is 0.647. The van der Waals surface area contributed by atoms with Crippen molar-refractivity contribution in [1.29, 1.82) is 0 Å². The maximum atomic E-state index is 2.30. The Bertz CT molecular complexity index is 172. The molecule has 0 radical (unpaired) electrons. The Morgan fingerprint density at radius 3 is 3.09 bits per heavy atom. The molecular formula is C11H16. The lowest BCUT2D eigenvalue weighted by Crippen LogP contribution is -1.86. The zero-order chi connectivity index (χ0) is 7.94. The Morgan fingerprint density at radius 2 is 2.27 bits per heavy atom. The van der Waals surface area contributed by atoms with Gasteiger partial charge in [0.1, 0.15) is 0 Å². The molecule has 0 fully saturated rings. The Hall–Kier alpha value is -0.780. The lowest BCUT2D eigenvalue weighted by molar-refractivity contribution is 0.830. The zero-order valence-electron chi connectivity index (χ0n) is 7.16. The van der Waals surface area contributed by atoms with Crippen molar-refractivity contribution in [3.05, 3.63) is 36.5 Å². The predicted molar refractivity (Wildman–Crippen MR) is 50.4 cm³/mol. The van der Waals surface area contributed by atoms with Gasteiger partial charge in [-0.3, -0.25) is 0 Å². The van der Waals surface area contributed by atoms with Crippen molar-refractivity contribution in [2.24, 2.45) is 5.92 Å². The lowest BCUT2D eigenvalue weighted by atomic mass is 10.1. The van der Waals surface area contributed by atoms with Crippen LogP contribution in [0.2, 0.25) is 0 Å². The van der Waals surface area contributed by atoms with Crippen LogP contribution in [0.1, 0.15) is 26.2 Å². The Labute approximate surface area is 69.3 Å². The van der Waals surface area contributed by atoms with Crippen LogP contribution in [0.4, 0.5) is 0 Å². The normalized spacial score (nSPS) is 24.3. The largest absolute Gasteiger partial charge is 0.0882 e. The second kappa shape index (κ2) is 4.95. The van der Waals surface area contributed by atoms with Gasteiger partial charge in [0, 0.05) is 0 Å². The molecule has 0 heterocycles. The molecule has 0 saturated heterocycles. The summed E-state index contributed by atoms with van der Waals surface area (Å²) in [5.41, 5.74) is 0. The van der Waals surface area contributed by atoms with Crippen LogP contribution in [0.15, 0.2) is 36.5 Å². The van der Waals surface area contributed by atoms with Crippen molar-refractivity contribution >= 4 is 0 Å². The first-order valence-corrected chi connectivity index (χ1v) is 4.42. The minimum atomic E-state index is 0.647. The van der Waals surface area contributed by atoms with Gasteiger partial charge in [0.2, 0.25) is 0 Å². The summed E-state index contributed by atoms with van der Waals surface area (Å²) in [6.07, 6.45) is 17.0. The van der Waals surface area contributed by atoms with Gasteiger partial charge in [-0.1, -0.05) is 43.4 Å². The zero-order valence-corrected chi connectivity index (χ0v) is 7.16. The molecule has 0 aromatic carbocycles. The molecule has 0 spiro atoms. The smallest absolute Gasteiger partial charge is 0.00189 e. The molecule has 0 aromatic rings. The highest BCUT2D eigenvalue weighted by atomic mass is 14.0. The molecule has 0 amide bonds. The molecule has 11 heavy (non-hydrogen) atoms. The van der Waals surface area contributed by atoms with Crippen LogP contribution in [0, 0.1) is 5.92 Å². The average molecular weight is 148 g/mol. The van der Waals surface area contributed by atoms with Gasteiger partial charge in [-0.15, -0.1) is 0 Å². The molecule has 0 N–H and O–H groups in total. The van der Waals surface area contributed by atoms with Crippen LogP contribution >= 0.6 is 0 Å². The molecule has 0 heteroatoms. The van der Waals surface area contributed by atoms with E-state index in [1.54, 1.807) is 0 Å². The molecule has 0 aromatic heterocycles. The second-order valence-corrected chi connectivity index (χ2v) is 2.87. The number of hydrogen-bond acceptors (Lipinski definition) is 0. The van der Waals surface area contributed by atoms with E-state index in [1.807, 2.05) is 0 Å². The van der Waals surface area contributed by atoms with Gasteiger partial charge < -0.3 is 0 Å². The van der Waals surface area contributed by atoms with E-state index < -0.39 is 0 Å². The van der Waals surface area contributed by atoms with Crippen LogP contribution < -0.4 is 0 Å². The van der Waals surface area contributed by atoms with Crippen molar-refractivity contribution < 1.29 is 0 Å². The maximum absolute atomic E-state index is 2.30. The first kappa shape index (κ1) is 8.32. The van der Waals surface area contributed by atoms with Crippen LogP contribution in [0.25, 0.3) is 0 Å². The molecule has 1 aliphatic carbocycles. The third-order valence-electron chi connectivity index (χ3n) is 1.85. The first-order chi connectivity index (χ1) is 5.43. The molecule has 1 atom stereocenters. The summed E-state index contributed by atoms with van der Waals surface area (Å²) in [6, 6.07) is 0. The van der Waals surface area contributed by atoms with Crippen LogP contribution in [-0.2, 0) is 0 Å². The van der Waals surface area contributed by atoms with Gasteiger partial charge in [0.15, 0.2) is 0 Å².